The molecule has 0 spiro atoms. The number of carbonyl (C=O) groups is 1. The number of esters is 1. The van der Waals surface area contributed by atoms with Gasteiger partial charge in [0.05, 0.1) is 24.6 Å². The predicted molar refractivity (Wildman–Crippen MR) is 106 cm³/mol. The number of carbonyl (C=O) groups excluding carboxylic acids is 1. The Morgan fingerprint density at radius 3 is 2.45 bits per heavy atom. The second-order valence-corrected chi connectivity index (χ2v) is 6.27. The Hall–Kier alpha value is -3.68. The molecule has 1 atom stereocenters. The summed E-state index contributed by atoms with van der Waals surface area (Å²) in [4.78, 5) is 27.5. The molecule has 1 unspecified atom stereocenters. The predicted octanol–water partition coefficient (Wildman–Crippen LogP) is 3.68. The fourth-order valence-electron chi connectivity index (χ4n) is 3.05. The molecule has 1 heterocycles. The van der Waals surface area contributed by atoms with Crippen molar-refractivity contribution >= 4 is 11.7 Å². The average molecular weight is 395 g/mol. The molecule has 0 radical (unpaired) electrons. The molecule has 3 aromatic rings. The lowest BCUT2D eigenvalue weighted by molar-refractivity contribution is -0.384. The first-order chi connectivity index (χ1) is 14.0. The first-order valence-corrected chi connectivity index (χ1v) is 9.11. The Morgan fingerprint density at radius 1 is 1.17 bits per heavy atom. The van der Waals surface area contributed by atoms with Crippen molar-refractivity contribution in [3.63, 3.8) is 0 Å². The summed E-state index contributed by atoms with van der Waals surface area (Å²) in [5.74, 6) is 0.387. The molecule has 0 amide bonds. The van der Waals surface area contributed by atoms with Gasteiger partial charge in [-0.1, -0.05) is 12.1 Å². The van der Waals surface area contributed by atoms with Gasteiger partial charge < -0.3 is 14.0 Å². The standard InChI is InChI=1S/C21H21N3O5/c1-3-29-21(25)19(15-4-6-17(7-5-15)24(26)27)14-20-22-12-13-23(20)16-8-10-18(28-2)11-9-16/h4-13,19H,3,14H2,1-2H3. The summed E-state index contributed by atoms with van der Waals surface area (Å²) >= 11 is 0. The van der Waals surface area contributed by atoms with Crippen LogP contribution in [0.4, 0.5) is 5.69 Å². The lowest BCUT2D eigenvalue weighted by Gasteiger charge is -2.17. The van der Waals surface area contributed by atoms with Crippen LogP contribution in [-0.4, -0.2) is 34.2 Å². The fraction of sp³-hybridized carbons (Fsp3) is 0.238. The first kappa shape index (κ1) is 20.1. The number of nitro benzene ring substituents is 1. The normalized spacial score (nSPS) is 11.7. The van der Waals surface area contributed by atoms with E-state index in [2.05, 4.69) is 4.98 Å². The summed E-state index contributed by atoms with van der Waals surface area (Å²) in [5.41, 5.74) is 1.49. The van der Waals surface area contributed by atoms with Gasteiger partial charge in [-0.3, -0.25) is 14.9 Å². The number of nitrogens with zero attached hydrogens (tertiary/aromatic N) is 3. The van der Waals surface area contributed by atoms with E-state index >= 15 is 0 Å². The molecule has 8 heteroatoms. The van der Waals surface area contributed by atoms with Crippen LogP contribution >= 0.6 is 0 Å². The number of methoxy groups -OCH3 is 1. The van der Waals surface area contributed by atoms with Crippen LogP contribution in [0.25, 0.3) is 5.69 Å². The lowest BCUT2D eigenvalue weighted by atomic mass is 9.95. The molecule has 0 aliphatic rings. The molecule has 3 rings (SSSR count). The van der Waals surface area contributed by atoms with Gasteiger partial charge in [-0.25, -0.2) is 4.98 Å². The number of aromatic nitrogens is 2. The van der Waals surface area contributed by atoms with Crippen LogP contribution in [0.2, 0.25) is 0 Å². The minimum Gasteiger partial charge on any atom is -0.497 e. The van der Waals surface area contributed by atoms with E-state index in [1.807, 2.05) is 35.0 Å². The van der Waals surface area contributed by atoms with Crippen LogP contribution < -0.4 is 4.74 Å². The van der Waals surface area contributed by atoms with E-state index in [0.29, 0.717) is 11.4 Å². The Morgan fingerprint density at radius 2 is 1.86 bits per heavy atom. The minimum absolute atomic E-state index is 0.0314. The summed E-state index contributed by atoms with van der Waals surface area (Å²) in [7, 11) is 1.60. The maximum absolute atomic E-state index is 12.6. The topological polar surface area (TPSA) is 96.5 Å². The highest BCUT2D eigenvalue weighted by atomic mass is 16.6. The zero-order chi connectivity index (χ0) is 20.8. The Balaban J connectivity index is 1.91. The van der Waals surface area contributed by atoms with Crippen LogP contribution in [0.1, 0.15) is 24.2 Å². The quantitative estimate of drug-likeness (QED) is 0.328. The lowest BCUT2D eigenvalue weighted by Crippen LogP contribution is -2.20. The zero-order valence-corrected chi connectivity index (χ0v) is 16.1. The molecule has 0 saturated carbocycles. The SMILES string of the molecule is CCOC(=O)C(Cc1nccn1-c1ccc(OC)cc1)c1ccc([N+](=O)[O-])cc1. The van der Waals surface area contributed by atoms with Gasteiger partial charge in [0.15, 0.2) is 0 Å². The molecular formula is C21H21N3O5. The smallest absolute Gasteiger partial charge is 0.313 e. The number of rotatable bonds is 8. The summed E-state index contributed by atoms with van der Waals surface area (Å²) in [5, 5.41) is 10.9. The van der Waals surface area contributed by atoms with E-state index in [0.717, 1.165) is 11.4 Å². The molecule has 0 fully saturated rings. The van der Waals surface area contributed by atoms with E-state index in [1.165, 1.54) is 12.1 Å². The van der Waals surface area contributed by atoms with Gasteiger partial charge >= 0.3 is 5.97 Å². The van der Waals surface area contributed by atoms with Crippen LogP contribution in [0.3, 0.4) is 0 Å². The van der Waals surface area contributed by atoms with Crippen molar-refractivity contribution in [2.75, 3.05) is 13.7 Å². The van der Waals surface area contributed by atoms with Crippen molar-refractivity contribution in [3.05, 3.63) is 82.4 Å². The van der Waals surface area contributed by atoms with E-state index in [4.69, 9.17) is 9.47 Å². The molecule has 0 bridgehead atoms. The third kappa shape index (κ3) is 4.60. The molecule has 2 aromatic carbocycles. The maximum atomic E-state index is 12.6. The van der Waals surface area contributed by atoms with Gasteiger partial charge in [0.25, 0.3) is 5.69 Å². The van der Waals surface area contributed by atoms with E-state index in [-0.39, 0.29) is 18.7 Å². The van der Waals surface area contributed by atoms with Crippen molar-refractivity contribution in [3.8, 4) is 11.4 Å². The van der Waals surface area contributed by atoms with Crippen LogP contribution in [0.15, 0.2) is 60.9 Å². The molecule has 0 aliphatic heterocycles. The molecule has 0 aliphatic carbocycles. The molecular weight excluding hydrogens is 374 g/mol. The van der Waals surface area contributed by atoms with E-state index < -0.39 is 16.8 Å². The maximum Gasteiger partial charge on any atom is 0.313 e. The van der Waals surface area contributed by atoms with Gasteiger partial charge in [-0.15, -0.1) is 0 Å². The summed E-state index contributed by atoms with van der Waals surface area (Å²) in [6.45, 7) is 1.98. The Labute approximate surface area is 167 Å². The van der Waals surface area contributed by atoms with Crippen LogP contribution in [-0.2, 0) is 16.0 Å². The molecule has 1 aromatic heterocycles. The summed E-state index contributed by atoms with van der Waals surface area (Å²) in [6, 6.07) is 13.4. The average Bonchev–Trinajstić information content (AvgIpc) is 3.20. The molecule has 0 N–H and O–H groups in total. The zero-order valence-electron chi connectivity index (χ0n) is 16.1. The van der Waals surface area contributed by atoms with Crippen molar-refractivity contribution in [2.45, 2.75) is 19.3 Å². The largest absolute Gasteiger partial charge is 0.497 e. The van der Waals surface area contributed by atoms with Crippen LogP contribution in [0.5, 0.6) is 5.75 Å². The summed E-state index contributed by atoms with van der Waals surface area (Å²) in [6.07, 6.45) is 3.77. The number of hydrogen-bond donors (Lipinski definition) is 0. The number of imidazole rings is 1. The second-order valence-electron chi connectivity index (χ2n) is 6.27. The molecule has 8 nitrogen and oxygen atoms in total. The van der Waals surface area contributed by atoms with Crippen molar-refractivity contribution in [2.24, 2.45) is 0 Å². The molecule has 150 valence electrons. The number of benzene rings is 2. The van der Waals surface area contributed by atoms with Crippen LogP contribution in [0, 0.1) is 10.1 Å². The number of ether oxygens (including phenoxy) is 2. The van der Waals surface area contributed by atoms with Crippen molar-refractivity contribution in [1.82, 2.24) is 9.55 Å². The van der Waals surface area contributed by atoms with E-state index in [1.54, 1.807) is 32.4 Å². The van der Waals surface area contributed by atoms with Gasteiger partial charge in [0.2, 0.25) is 0 Å². The van der Waals surface area contributed by atoms with Crippen molar-refractivity contribution < 1.29 is 19.2 Å². The highest BCUT2D eigenvalue weighted by Gasteiger charge is 2.25. The van der Waals surface area contributed by atoms with Gasteiger partial charge in [-0.2, -0.15) is 0 Å². The third-order valence-corrected chi connectivity index (χ3v) is 4.53. The second kappa shape index (κ2) is 9.01. The van der Waals surface area contributed by atoms with E-state index in [9.17, 15) is 14.9 Å². The number of nitro groups is 1. The minimum atomic E-state index is -0.629. The fourth-order valence-corrected chi connectivity index (χ4v) is 3.05. The summed E-state index contributed by atoms with van der Waals surface area (Å²) < 4.78 is 12.3. The monoisotopic (exact) mass is 395 g/mol. The Bertz CT molecular complexity index is 980. The molecule has 0 saturated heterocycles. The first-order valence-electron chi connectivity index (χ1n) is 9.11. The highest BCUT2D eigenvalue weighted by Crippen LogP contribution is 2.26. The van der Waals surface area contributed by atoms with Crippen molar-refractivity contribution in [1.29, 1.82) is 0 Å². The highest BCUT2D eigenvalue weighted by molar-refractivity contribution is 5.78. The Kier molecular flexibility index (Phi) is 6.23. The number of hydrogen-bond acceptors (Lipinski definition) is 6. The molecule has 29 heavy (non-hydrogen) atoms. The van der Waals surface area contributed by atoms with Gasteiger partial charge in [0, 0.05) is 36.6 Å². The van der Waals surface area contributed by atoms with Gasteiger partial charge in [-0.05, 0) is 36.8 Å². The third-order valence-electron chi connectivity index (χ3n) is 4.53. The number of non-ortho nitro benzene ring substituents is 1. The van der Waals surface area contributed by atoms with Gasteiger partial charge in [0.1, 0.15) is 11.6 Å².